The van der Waals surface area contributed by atoms with Gasteiger partial charge in [0.15, 0.2) is 0 Å². The van der Waals surface area contributed by atoms with Crippen molar-refractivity contribution >= 4 is 0 Å². The lowest BCUT2D eigenvalue weighted by atomic mass is 10.2. The van der Waals surface area contributed by atoms with E-state index in [9.17, 15) is 9.50 Å². The molecule has 6 heteroatoms. The molecule has 2 rings (SSSR count). The number of aliphatic hydroxyl groups is 1. The first kappa shape index (κ1) is 20.0. The highest BCUT2D eigenvalue weighted by Gasteiger charge is 2.10. The number of alkyl halides is 1. The Kier molecular flexibility index (Phi) is 8.18. The number of aliphatic hydroxyl groups excluding tert-OH is 1. The zero-order valence-corrected chi connectivity index (χ0v) is 15.2. The Morgan fingerprint density at radius 1 is 1.04 bits per heavy atom. The molecule has 0 radical (unpaired) electrons. The molecule has 0 aliphatic carbocycles. The van der Waals surface area contributed by atoms with Crippen LogP contribution in [0.15, 0.2) is 48.5 Å². The van der Waals surface area contributed by atoms with E-state index in [4.69, 9.17) is 14.2 Å². The van der Waals surface area contributed by atoms with Crippen LogP contribution in [0.2, 0.25) is 0 Å². The fraction of sp³-hybridized carbons (Fsp3) is 0.400. The van der Waals surface area contributed by atoms with E-state index in [0.717, 1.165) is 5.56 Å². The van der Waals surface area contributed by atoms with Gasteiger partial charge in [0.25, 0.3) is 0 Å². The lowest BCUT2D eigenvalue weighted by Crippen LogP contribution is -2.32. The van der Waals surface area contributed by atoms with Gasteiger partial charge in [0.2, 0.25) is 0 Å². The van der Waals surface area contributed by atoms with Crippen molar-refractivity contribution in [1.29, 1.82) is 0 Å². The standard InChI is InChI=1S/C20H26FNO4/c1-22(13-16-6-8-18(9-7-16)25-11-10-21)14-17(23)15-26-20-5-3-4-19(12-20)24-2/h3-9,12,17,23H,10-11,13-15H2,1-2H3. The molecule has 1 N–H and O–H groups in total. The van der Waals surface area contributed by atoms with Crippen molar-refractivity contribution in [3.8, 4) is 17.2 Å². The maximum atomic E-state index is 12.1. The van der Waals surface area contributed by atoms with E-state index in [1.807, 2.05) is 54.4 Å². The van der Waals surface area contributed by atoms with Crippen LogP contribution in [-0.4, -0.2) is 56.7 Å². The molecule has 0 fully saturated rings. The van der Waals surface area contributed by atoms with Gasteiger partial charge in [-0.3, -0.25) is 4.90 Å². The minimum Gasteiger partial charge on any atom is -0.497 e. The molecule has 5 nitrogen and oxygen atoms in total. The highest BCUT2D eigenvalue weighted by Crippen LogP contribution is 2.19. The number of benzene rings is 2. The maximum absolute atomic E-state index is 12.1. The van der Waals surface area contributed by atoms with Crippen LogP contribution in [0, 0.1) is 0 Å². The second kappa shape index (κ2) is 10.6. The summed E-state index contributed by atoms with van der Waals surface area (Å²) in [4.78, 5) is 2.01. The Labute approximate surface area is 153 Å². The van der Waals surface area contributed by atoms with Crippen LogP contribution in [-0.2, 0) is 6.54 Å². The van der Waals surface area contributed by atoms with Crippen molar-refractivity contribution in [2.45, 2.75) is 12.6 Å². The third-order valence-electron chi connectivity index (χ3n) is 3.73. The van der Waals surface area contributed by atoms with E-state index in [1.54, 1.807) is 13.2 Å². The summed E-state index contributed by atoms with van der Waals surface area (Å²) in [6, 6.07) is 14.8. The number of hydrogen-bond acceptors (Lipinski definition) is 5. The zero-order valence-electron chi connectivity index (χ0n) is 15.2. The molecule has 1 unspecified atom stereocenters. The maximum Gasteiger partial charge on any atom is 0.123 e. The summed E-state index contributed by atoms with van der Waals surface area (Å²) >= 11 is 0. The van der Waals surface area contributed by atoms with Crippen molar-refractivity contribution in [1.82, 2.24) is 4.90 Å². The number of likely N-dealkylation sites (N-methyl/N-ethyl adjacent to an activating group) is 1. The van der Waals surface area contributed by atoms with E-state index >= 15 is 0 Å². The molecule has 0 aliphatic rings. The normalized spacial score (nSPS) is 12.0. The van der Waals surface area contributed by atoms with E-state index in [2.05, 4.69) is 0 Å². The van der Waals surface area contributed by atoms with Gasteiger partial charge in [0, 0.05) is 19.2 Å². The molecule has 0 spiro atoms. The largest absolute Gasteiger partial charge is 0.497 e. The number of nitrogens with zero attached hydrogens (tertiary/aromatic N) is 1. The molecular weight excluding hydrogens is 337 g/mol. The van der Waals surface area contributed by atoms with Crippen LogP contribution < -0.4 is 14.2 Å². The Bertz CT molecular complexity index is 651. The van der Waals surface area contributed by atoms with Gasteiger partial charge < -0.3 is 19.3 Å². The molecule has 0 heterocycles. The molecule has 0 aliphatic heterocycles. The van der Waals surface area contributed by atoms with Crippen LogP contribution in [0.1, 0.15) is 5.56 Å². The number of methoxy groups -OCH3 is 1. The van der Waals surface area contributed by atoms with Crippen molar-refractivity contribution in [2.24, 2.45) is 0 Å². The Hall–Kier alpha value is -2.31. The molecule has 1 atom stereocenters. The van der Waals surface area contributed by atoms with Crippen LogP contribution in [0.3, 0.4) is 0 Å². The van der Waals surface area contributed by atoms with Gasteiger partial charge in [-0.05, 0) is 36.9 Å². The number of halogens is 1. The van der Waals surface area contributed by atoms with Gasteiger partial charge in [-0.2, -0.15) is 0 Å². The summed E-state index contributed by atoms with van der Waals surface area (Å²) < 4.78 is 28.1. The average Bonchev–Trinajstić information content (AvgIpc) is 2.66. The first-order valence-corrected chi connectivity index (χ1v) is 8.52. The van der Waals surface area contributed by atoms with Gasteiger partial charge in [0.05, 0.1) is 7.11 Å². The minimum absolute atomic E-state index is 0.0682. The van der Waals surface area contributed by atoms with Crippen LogP contribution >= 0.6 is 0 Å². The average molecular weight is 363 g/mol. The van der Waals surface area contributed by atoms with Crippen molar-refractivity contribution in [3.05, 3.63) is 54.1 Å². The molecule has 2 aromatic rings. The molecule has 0 bridgehead atoms. The fourth-order valence-corrected chi connectivity index (χ4v) is 2.52. The van der Waals surface area contributed by atoms with Gasteiger partial charge in [-0.15, -0.1) is 0 Å². The first-order chi connectivity index (χ1) is 12.6. The van der Waals surface area contributed by atoms with Crippen LogP contribution in [0.25, 0.3) is 0 Å². The van der Waals surface area contributed by atoms with E-state index in [0.29, 0.717) is 30.3 Å². The molecule has 0 amide bonds. The van der Waals surface area contributed by atoms with Gasteiger partial charge in [-0.25, -0.2) is 4.39 Å². The predicted molar refractivity (Wildman–Crippen MR) is 98.7 cm³/mol. The van der Waals surface area contributed by atoms with Gasteiger partial charge >= 0.3 is 0 Å². The smallest absolute Gasteiger partial charge is 0.123 e. The molecule has 142 valence electrons. The zero-order chi connectivity index (χ0) is 18.8. The molecular formula is C20H26FNO4. The molecule has 0 saturated heterocycles. The van der Waals surface area contributed by atoms with Crippen LogP contribution in [0.4, 0.5) is 4.39 Å². The van der Waals surface area contributed by atoms with E-state index in [1.165, 1.54) is 0 Å². The minimum atomic E-state index is -0.613. The van der Waals surface area contributed by atoms with Crippen LogP contribution in [0.5, 0.6) is 17.2 Å². The third kappa shape index (κ3) is 6.90. The molecule has 0 aromatic heterocycles. The Morgan fingerprint density at radius 3 is 2.46 bits per heavy atom. The van der Waals surface area contributed by atoms with E-state index < -0.39 is 12.8 Å². The van der Waals surface area contributed by atoms with Crippen molar-refractivity contribution in [2.75, 3.05) is 40.6 Å². The summed E-state index contributed by atoms with van der Waals surface area (Å²) in [5, 5.41) is 10.2. The second-order valence-corrected chi connectivity index (χ2v) is 6.02. The lowest BCUT2D eigenvalue weighted by molar-refractivity contribution is 0.0743. The molecule has 0 saturated carbocycles. The second-order valence-electron chi connectivity index (χ2n) is 6.02. The van der Waals surface area contributed by atoms with Gasteiger partial charge in [0.1, 0.15) is 43.2 Å². The summed E-state index contributed by atoms with van der Waals surface area (Å²) in [5.41, 5.74) is 1.08. The highest BCUT2D eigenvalue weighted by molar-refractivity contribution is 5.32. The van der Waals surface area contributed by atoms with E-state index in [-0.39, 0.29) is 13.2 Å². The summed E-state index contributed by atoms with van der Waals surface area (Å²) in [5.74, 6) is 2.03. The summed E-state index contributed by atoms with van der Waals surface area (Å²) in [6.07, 6.45) is -0.613. The predicted octanol–water partition coefficient (Wildman–Crippen LogP) is 2.92. The number of ether oxygens (including phenoxy) is 3. The SMILES string of the molecule is COc1cccc(OCC(O)CN(C)Cc2ccc(OCCF)cc2)c1. The van der Waals surface area contributed by atoms with Crippen molar-refractivity contribution in [3.63, 3.8) is 0 Å². The first-order valence-electron chi connectivity index (χ1n) is 8.52. The molecule has 26 heavy (non-hydrogen) atoms. The monoisotopic (exact) mass is 363 g/mol. The summed E-state index contributed by atoms with van der Waals surface area (Å²) in [7, 11) is 3.53. The lowest BCUT2D eigenvalue weighted by Gasteiger charge is -2.21. The number of hydrogen-bond donors (Lipinski definition) is 1. The van der Waals surface area contributed by atoms with Gasteiger partial charge in [-0.1, -0.05) is 18.2 Å². The number of rotatable bonds is 11. The Morgan fingerprint density at radius 2 is 1.77 bits per heavy atom. The summed E-state index contributed by atoms with van der Waals surface area (Å²) in [6.45, 7) is 0.927. The Balaban J connectivity index is 1.74. The highest BCUT2D eigenvalue weighted by atomic mass is 19.1. The quantitative estimate of drug-likeness (QED) is 0.665. The fourth-order valence-electron chi connectivity index (χ4n) is 2.52. The topological polar surface area (TPSA) is 51.2 Å². The molecule has 2 aromatic carbocycles. The third-order valence-corrected chi connectivity index (χ3v) is 3.73. The van der Waals surface area contributed by atoms with Crippen molar-refractivity contribution < 1.29 is 23.7 Å².